The second-order valence-corrected chi connectivity index (χ2v) is 12.5. The van der Waals surface area contributed by atoms with E-state index in [1.165, 1.54) is 27.8 Å². The van der Waals surface area contributed by atoms with Gasteiger partial charge < -0.3 is 9.72 Å². The minimum atomic E-state index is -3.10. The van der Waals surface area contributed by atoms with Crippen LogP contribution in [0.4, 0.5) is 0 Å². The maximum atomic E-state index is 12.8. The van der Waals surface area contributed by atoms with Gasteiger partial charge in [0.15, 0.2) is 15.3 Å². The van der Waals surface area contributed by atoms with Crippen molar-refractivity contribution in [3.05, 3.63) is 49.1 Å². The number of nitrogens with one attached hydrogen (secondary N) is 1. The van der Waals surface area contributed by atoms with Crippen molar-refractivity contribution in [1.29, 1.82) is 0 Å². The summed E-state index contributed by atoms with van der Waals surface area (Å²) in [6.45, 7) is 3.87. The number of aromatic amines is 1. The third-order valence-corrected chi connectivity index (χ3v) is 9.76. The van der Waals surface area contributed by atoms with E-state index in [1.54, 1.807) is 11.6 Å². The van der Waals surface area contributed by atoms with E-state index in [0.29, 0.717) is 39.6 Å². The number of ether oxygens (including phenoxy) is 1. The zero-order chi connectivity index (χ0) is 23.3. The molecule has 0 radical (unpaired) electrons. The maximum absolute atomic E-state index is 12.8. The van der Waals surface area contributed by atoms with Crippen molar-refractivity contribution in [2.24, 2.45) is 5.92 Å². The first-order valence-corrected chi connectivity index (χ1v) is 14.0. The highest BCUT2D eigenvalue weighted by Gasteiger charge is 2.31. The fourth-order valence-corrected chi connectivity index (χ4v) is 7.75. The predicted molar refractivity (Wildman–Crippen MR) is 127 cm³/mol. The summed E-state index contributed by atoms with van der Waals surface area (Å²) in [5.41, 5.74) is 2.51. The molecule has 2 aliphatic rings. The lowest BCUT2D eigenvalue weighted by Gasteiger charge is -2.19. The Morgan fingerprint density at radius 2 is 2.15 bits per heavy atom. The van der Waals surface area contributed by atoms with Crippen molar-refractivity contribution in [3.8, 4) is 0 Å². The van der Waals surface area contributed by atoms with E-state index < -0.39 is 15.8 Å². The molecule has 2 unspecified atom stereocenters. The normalized spacial score (nSPS) is 21.9. The Hall–Kier alpha value is -2.46. The van der Waals surface area contributed by atoms with Gasteiger partial charge in [0.05, 0.1) is 34.3 Å². The molecule has 0 spiro atoms. The van der Waals surface area contributed by atoms with Crippen molar-refractivity contribution in [1.82, 2.24) is 14.8 Å². The average Bonchev–Trinajstić information content (AvgIpc) is 3.46. The minimum absolute atomic E-state index is 0.00635. The largest absolute Gasteiger partial charge is 0.455 e. The van der Waals surface area contributed by atoms with Gasteiger partial charge in [-0.25, -0.2) is 17.9 Å². The number of rotatable bonds is 5. The van der Waals surface area contributed by atoms with Gasteiger partial charge in [-0.2, -0.15) is 5.10 Å². The van der Waals surface area contributed by atoms with Crippen LogP contribution in [0.3, 0.4) is 0 Å². The number of esters is 1. The minimum Gasteiger partial charge on any atom is -0.455 e. The highest BCUT2D eigenvalue weighted by molar-refractivity contribution is 7.91. The van der Waals surface area contributed by atoms with Crippen LogP contribution in [0, 0.1) is 12.8 Å². The average molecular weight is 490 g/mol. The van der Waals surface area contributed by atoms with Crippen LogP contribution >= 0.6 is 11.3 Å². The van der Waals surface area contributed by atoms with Crippen molar-refractivity contribution in [2.75, 3.05) is 11.5 Å². The number of hydrogen-bond acceptors (Lipinski definition) is 7. The number of H-pyrrole nitrogens is 1. The molecule has 2 atom stereocenters. The fraction of sp³-hybridized carbons (Fsp3) is 0.522. The lowest BCUT2D eigenvalue weighted by atomic mass is 9.87. The number of hydrogen-bond donors (Lipinski definition) is 1. The Labute approximate surface area is 195 Å². The Balaban J connectivity index is 1.37. The number of thiophene rings is 1. The summed E-state index contributed by atoms with van der Waals surface area (Å²) < 4.78 is 31.0. The van der Waals surface area contributed by atoms with Crippen LogP contribution in [-0.2, 0) is 34.0 Å². The van der Waals surface area contributed by atoms with Crippen molar-refractivity contribution in [3.63, 3.8) is 0 Å². The summed E-state index contributed by atoms with van der Waals surface area (Å²) in [5, 5.41) is 4.88. The Bertz CT molecular complexity index is 1400. The van der Waals surface area contributed by atoms with Crippen LogP contribution in [0.25, 0.3) is 11.0 Å². The second-order valence-electron chi connectivity index (χ2n) is 9.12. The fourth-order valence-electron chi connectivity index (χ4n) is 4.95. The second kappa shape index (κ2) is 8.39. The number of fused-ring (bicyclic) bond motifs is 2. The number of aromatic nitrogens is 3. The van der Waals surface area contributed by atoms with Gasteiger partial charge in [-0.15, -0.1) is 11.3 Å². The maximum Gasteiger partial charge on any atom is 0.348 e. The molecule has 10 heteroatoms. The number of carbonyl (C=O) groups is 1. The SMILES string of the molecule is CCC1CCc2sc(C(=O)OCc3cc(=O)c4c(C)nn(C5CCS(=O)(=O)C5)c4[nH]3)cc2C1. The molecule has 1 saturated heterocycles. The molecule has 0 saturated carbocycles. The van der Waals surface area contributed by atoms with Gasteiger partial charge in [0.1, 0.15) is 17.1 Å². The van der Waals surface area contributed by atoms with Crippen LogP contribution in [0.1, 0.15) is 63.7 Å². The quantitative estimate of drug-likeness (QED) is 0.551. The number of carbonyl (C=O) groups excluding carboxylic acids is 1. The van der Waals surface area contributed by atoms with Crippen molar-refractivity contribution in [2.45, 2.75) is 58.6 Å². The molecule has 8 nitrogen and oxygen atoms in total. The Morgan fingerprint density at radius 3 is 2.88 bits per heavy atom. The molecule has 33 heavy (non-hydrogen) atoms. The number of nitrogens with zero attached hydrogens (tertiary/aromatic N) is 2. The molecule has 3 aromatic rings. The van der Waals surface area contributed by atoms with E-state index in [0.717, 1.165) is 25.7 Å². The smallest absolute Gasteiger partial charge is 0.348 e. The Morgan fingerprint density at radius 1 is 1.33 bits per heavy atom. The summed E-state index contributed by atoms with van der Waals surface area (Å²) in [5.74, 6) is 0.404. The molecule has 1 N–H and O–H groups in total. The molecule has 1 fully saturated rings. The predicted octanol–water partition coefficient (Wildman–Crippen LogP) is 3.33. The summed E-state index contributed by atoms with van der Waals surface area (Å²) in [6.07, 6.45) is 4.79. The summed E-state index contributed by atoms with van der Waals surface area (Å²) in [6, 6.07) is 3.06. The summed E-state index contributed by atoms with van der Waals surface area (Å²) in [4.78, 5) is 30.5. The van der Waals surface area contributed by atoms with E-state index in [-0.39, 0.29) is 29.6 Å². The number of sulfone groups is 1. The van der Waals surface area contributed by atoms with Crippen LogP contribution < -0.4 is 5.43 Å². The van der Waals surface area contributed by atoms with Gasteiger partial charge in [-0.1, -0.05) is 13.3 Å². The third-order valence-electron chi connectivity index (χ3n) is 6.79. The van der Waals surface area contributed by atoms with E-state index >= 15 is 0 Å². The van der Waals surface area contributed by atoms with Crippen molar-refractivity contribution >= 4 is 38.2 Å². The van der Waals surface area contributed by atoms with Crippen LogP contribution in [0.2, 0.25) is 0 Å². The highest BCUT2D eigenvalue weighted by Crippen LogP contribution is 2.34. The zero-order valence-electron chi connectivity index (χ0n) is 18.7. The van der Waals surface area contributed by atoms with Crippen LogP contribution in [0.5, 0.6) is 0 Å². The van der Waals surface area contributed by atoms with E-state index in [9.17, 15) is 18.0 Å². The molecule has 0 bridgehead atoms. The topological polar surface area (TPSA) is 111 Å². The summed E-state index contributed by atoms with van der Waals surface area (Å²) >= 11 is 1.50. The molecule has 1 aliphatic heterocycles. The van der Waals surface area contributed by atoms with Gasteiger partial charge in [0, 0.05) is 10.9 Å². The molecule has 0 aromatic carbocycles. The molecule has 1 aliphatic carbocycles. The monoisotopic (exact) mass is 489 g/mol. The van der Waals surface area contributed by atoms with Gasteiger partial charge in [0.25, 0.3) is 0 Å². The lowest BCUT2D eigenvalue weighted by molar-refractivity contribution is 0.0473. The van der Waals surface area contributed by atoms with Gasteiger partial charge in [-0.05, 0) is 50.2 Å². The molecule has 176 valence electrons. The summed E-state index contributed by atoms with van der Waals surface area (Å²) in [7, 11) is -3.10. The molecule has 0 amide bonds. The number of pyridine rings is 1. The highest BCUT2D eigenvalue weighted by atomic mass is 32.2. The first-order valence-electron chi connectivity index (χ1n) is 11.3. The molecule has 3 aromatic heterocycles. The van der Waals surface area contributed by atoms with E-state index in [1.807, 2.05) is 6.07 Å². The number of aryl methyl sites for hydroxylation is 2. The lowest BCUT2D eigenvalue weighted by Crippen LogP contribution is -2.15. The van der Waals surface area contributed by atoms with Crippen LogP contribution in [0.15, 0.2) is 16.9 Å². The Kier molecular flexibility index (Phi) is 5.68. The first-order chi connectivity index (χ1) is 15.7. The van der Waals surface area contributed by atoms with Crippen LogP contribution in [-0.4, -0.2) is 40.7 Å². The van der Waals surface area contributed by atoms with Gasteiger partial charge in [-0.3, -0.25) is 4.79 Å². The van der Waals surface area contributed by atoms with Gasteiger partial charge >= 0.3 is 5.97 Å². The van der Waals surface area contributed by atoms with Gasteiger partial charge in [0.2, 0.25) is 0 Å². The van der Waals surface area contributed by atoms with Crippen molar-refractivity contribution < 1.29 is 17.9 Å². The molecular formula is C23H27N3O5S2. The molecular weight excluding hydrogens is 462 g/mol. The van der Waals surface area contributed by atoms with E-state index in [4.69, 9.17) is 4.74 Å². The zero-order valence-corrected chi connectivity index (χ0v) is 20.4. The standard InChI is InChI=1S/C23H27N3O5S2/c1-3-14-4-5-19-15(8-14)9-20(32-19)23(28)31-11-16-10-18(27)21-13(2)25-26(22(21)24-16)17-6-7-33(29,30)12-17/h9-10,14,17H,3-8,11-12H2,1-2H3,(H,24,27). The molecule has 5 rings (SSSR count). The van der Waals surface area contributed by atoms with E-state index in [2.05, 4.69) is 17.0 Å². The third kappa shape index (κ3) is 4.26. The first kappa shape index (κ1) is 22.3. The molecule has 4 heterocycles.